The Morgan fingerprint density at radius 1 is 1.06 bits per heavy atom. The SMILES string of the molecule is O=C(CSc1nc(-c2ccco2)nc2ccccc12)NCCc1ccc(OC(F)F)cc1. The number of thioether (sulfide) groups is 1. The van der Waals surface area contributed by atoms with Crippen molar-refractivity contribution in [3.8, 4) is 17.3 Å². The number of alkyl halides is 2. The average Bonchev–Trinajstić information content (AvgIpc) is 3.33. The summed E-state index contributed by atoms with van der Waals surface area (Å²) in [7, 11) is 0. The summed E-state index contributed by atoms with van der Waals surface area (Å²) < 4.78 is 34.1. The zero-order valence-corrected chi connectivity index (χ0v) is 17.6. The van der Waals surface area contributed by atoms with Crippen LogP contribution < -0.4 is 10.1 Å². The van der Waals surface area contributed by atoms with Gasteiger partial charge in [0.25, 0.3) is 0 Å². The molecule has 0 bridgehead atoms. The van der Waals surface area contributed by atoms with Gasteiger partial charge >= 0.3 is 6.61 Å². The van der Waals surface area contributed by atoms with Crippen LogP contribution in [0.15, 0.2) is 76.4 Å². The number of hydrogen-bond acceptors (Lipinski definition) is 6. The second-order valence-corrected chi connectivity index (χ2v) is 7.72. The molecule has 2 aromatic carbocycles. The molecular weight excluding hydrogens is 436 g/mol. The molecule has 2 aromatic heterocycles. The Morgan fingerprint density at radius 2 is 1.88 bits per heavy atom. The highest BCUT2D eigenvalue weighted by Crippen LogP contribution is 2.28. The Balaban J connectivity index is 1.34. The standard InChI is InChI=1S/C23H19F2N3O3S/c24-23(25)31-16-9-7-15(8-10-16)11-12-26-20(29)14-32-22-17-4-1-2-5-18(17)27-21(28-22)19-6-3-13-30-19/h1-10,13,23H,11-12,14H2,(H,26,29). The predicted molar refractivity (Wildman–Crippen MR) is 118 cm³/mol. The van der Waals surface area contributed by atoms with Crippen molar-refractivity contribution in [1.29, 1.82) is 0 Å². The van der Waals surface area contributed by atoms with Crippen LogP contribution in [0.2, 0.25) is 0 Å². The quantitative estimate of drug-likeness (QED) is 0.285. The van der Waals surface area contributed by atoms with Crippen LogP contribution in [0.3, 0.4) is 0 Å². The first kappa shape index (κ1) is 21.8. The number of carbonyl (C=O) groups excluding carboxylic acids is 1. The highest BCUT2D eigenvalue weighted by atomic mass is 32.2. The second-order valence-electron chi connectivity index (χ2n) is 6.76. The summed E-state index contributed by atoms with van der Waals surface area (Å²) >= 11 is 1.33. The summed E-state index contributed by atoms with van der Waals surface area (Å²) in [5.41, 5.74) is 1.68. The number of carbonyl (C=O) groups is 1. The van der Waals surface area contributed by atoms with Crippen LogP contribution in [0.5, 0.6) is 5.75 Å². The van der Waals surface area contributed by atoms with Gasteiger partial charge in [0.1, 0.15) is 10.8 Å². The normalized spacial score (nSPS) is 11.1. The molecule has 0 fully saturated rings. The molecule has 164 valence electrons. The molecular formula is C23H19F2N3O3S. The van der Waals surface area contributed by atoms with Crippen LogP contribution in [0.4, 0.5) is 8.78 Å². The fraction of sp³-hybridized carbons (Fsp3) is 0.174. The number of benzene rings is 2. The molecule has 0 saturated carbocycles. The van der Waals surface area contributed by atoms with Gasteiger partial charge in [0.05, 0.1) is 17.5 Å². The molecule has 0 aliphatic heterocycles. The van der Waals surface area contributed by atoms with E-state index in [4.69, 9.17) is 4.42 Å². The summed E-state index contributed by atoms with van der Waals surface area (Å²) in [6.07, 6.45) is 2.14. The number of hydrogen-bond donors (Lipinski definition) is 1. The Morgan fingerprint density at radius 3 is 2.62 bits per heavy atom. The molecule has 9 heteroatoms. The van der Waals surface area contributed by atoms with Crippen LogP contribution in [0, 0.1) is 0 Å². The van der Waals surface area contributed by atoms with Crippen molar-refractivity contribution < 1.29 is 22.7 Å². The third-order valence-corrected chi connectivity index (χ3v) is 5.53. The van der Waals surface area contributed by atoms with E-state index in [1.54, 1.807) is 30.5 Å². The molecule has 4 rings (SSSR count). The lowest BCUT2D eigenvalue weighted by atomic mass is 10.1. The van der Waals surface area contributed by atoms with Gasteiger partial charge in [-0.25, -0.2) is 9.97 Å². The molecule has 0 unspecified atom stereocenters. The monoisotopic (exact) mass is 455 g/mol. The van der Waals surface area contributed by atoms with E-state index in [9.17, 15) is 13.6 Å². The zero-order valence-electron chi connectivity index (χ0n) is 16.8. The predicted octanol–water partition coefficient (Wildman–Crippen LogP) is 4.94. The van der Waals surface area contributed by atoms with E-state index in [0.717, 1.165) is 16.5 Å². The van der Waals surface area contributed by atoms with Crippen LogP contribution in [-0.4, -0.2) is 34.8 Å². The molecule has 0 aliphatic carbocycles. The lowest BCUT2D eigenvalue weighted by Gasteiger charge is -2.09. The Labute approximate surface area is 187 Å². The molecule has 4 aromatic rings. The minimum atomic E-state index is -2.85. The van der Waals surface area contributed by atoms with E-state index in [0.29, 0.717) is 29.6 Å². The van der Waals surface area contributed by atoms with E-state index in [1.807, 2.05) is 24.3 Å². The number of fused-ring (bicyclic) bond motifs is 1. The number of furan rings is 1. The average molecular weight is 455 g/mol. The van der Waals surface area contributed by atoms with E-state index in [-0.39, 0.29) is 17.4 Å². The number of halogens is 2. The lowest BCUT2D eigenvalue weighted by molar-refractivity contribution is -0.118. The minimum absolute atomic E-state index is 0.107. The third kappa shape index (κ3) is 5.61. The smallest absolute Gasteiger partial charge is 0.387 e. The Hall–Kier alpha value is -3.46. The maximum Gasteiger partial charge on any atom is 0.387 e. The highest BCUT2D eigenvalue weighted by Gasteiger charge is 2.13. The maximum atomic E-state index is 12.3. The number of aromatic nitrogens is 2. The van der Waals surface area contributed by atoms with Gasteiger partial charge in [0.15, 0.2) is 11.6 Å². The Kier molecular flexibility index (Phi) is 6.96. The molecule has 0 radical (unpaired) electrons. The van der Waals surface area contributed by atoms with Gasteiger partial charge < -0.3 is 14.5 Å². The van der Waals surface area contributed by atoms with Gasteiger partial charge in [-0.3, -0.25) is 4.79 Å². The van der Waals surface area contributed by atoms with Crippen molar-refractivity contribution >= 4 is 28.6 Å². The van der Waals surface area contributed by atoms with Crippen LogP contribution in [-0.2, 0) is 11.2 Å². The largest absolute Gasteiger partial charge is 0.461 e. The van der Waals surface area contributed by atoms with E-state index in [1.165, 1.54) is 23.9 Å². The number of nitrogens with one attached hydrogen (secondary N) is 1. The first-order valence-electron chi connectivity index (χ1n) is 9.82. The summed E-state index contributed by atoms with van der Waals surface area (Å²) in [6, 6.07) is 17.5. The first-order chi connectivity index (χ1) is 15.6. The van der Waals surface area contributed by atoms with Gasteiger partial charge in [-0.05, 0) is 42.3 Å². The summed E-state index contributed by atoms with van der Waals surface area (Å²) in [5.74, 6) is 1.20. The van der Waals surface area contributed by atoms with Crippen molar-refractivity contribution in [1.82, 2.24) is 15.3 Å². The lowest BCUT2D eigenvalue weighted by Crippen LogP contribution is -2.27. The van der Waals surface area contributed by atoms with E-state index < -0.39 is 6.61 Å². The number of para-hydroxylation sites is 1. The molecule has 0 spiro atoms. The molecule has 1 N–H and O–H groups in total. The molecule has 1 amide bonds. The minimum Gasteiger partial charge on any atom is -0.461 e. The molecule has 0 aliphatic rings. The topological polar surface area (TPSA) is 77.2 Å². The van der Waals surface area contributed by atoms with Gasteiger partial charge in [-0.1, -0.05) is 42.1 Å². The fourth-order valence-electron chi connectivity index (χ4n) is 3.04. The molecule has 32 heavy (non-hydrogen) atoms. The highest BCUT2D eigenvalue weighted by molar-refractivity contribution is 8.00. The summed E-state index contributed by atoms with van der Waals surface area (Å²) in [5, 5.41) is 4.43. The van der Waals surface area contributed by atoms with Gasteiger partial charge in [0.2, 0.25) is 5.91 Å². The molecule has 0 saturated heterocycles. The summed E-state index contributed by atoms with van der Waals surface area (Å²) in [6.45, 7) is -2.42. The van der Waals surface area contributed by atoms with Gasteiger partial charge in [-0.15, -0.1) is 0 Å². The summed E-state index contributed by atoms with van der Waals surface area (Å²) in [4.78, 5) is 21.5. The van der Waals surface area contributed by atoms with Crippen molar-refractivity contribution in [3.63, 3.8) is 0 Å². The molecule has 2 heterocycles. The number of ether oxygens (including phenoxy) is 1. The number of amides is 1. The first-order valence-corrected chi connectivity index (χ1v) is 10.8. The van der Waals surface area contributed by atoms with Gasteiger partial charge in [-0.2, -0.15) is 8.78 Å². The Bertz CT molecular complexity index is 1190. The molecule has 0 atom stereocenters. The van der Waals surface area contributed by atoms with E-state index in [2.05, 4.69) is 20.0 Å². The third-order valence-electron chi connectivity index (χ3n) is 4.53. The molecule has 6 nitrogen and oxygen atoms in total. The van der Waals surface area contributed by atoms with Crippen molar-refractivity contribution in [2.75, 3.05) is 12.3 Å². The van der Waals surface area contributed by atoms with Crippen LogP contribution in [0.1, 0.15) is 5.56 Å². The number of nitrogens with zero attached hydrogens (tertiary/aromatic N) is 2. The van der Waals surface area contributed by atoms with Crippen molar-refractivity contribution in [2.24, 2.45) is 0 Å². The maximum absolute atomic E-state index is 12.3. The van der Waals surface area contributed by atoms with Crippen molar-refractivity contribution in [2.45, 2.75) is 18.1 Å². The van der Waals surface area contributed by atoms with Crippen molar-refractivity contribution in [3.05, 3.63) is 72.5 Å². The zero-order chi connectivity index (χ0) is 22.3. The number of rotatable bonds is 9. The van der Waals surface area contributed by atoms with E-state index >= 15 is 0 Å². The fourth-order valence-corrected chi connectivity index (χ4v) is 3.89. The van der Waals surface area contributed by atoms with Crippen LogP contribution >= 0.6 is 11.8 Å². The van der Waals surface area contributed by atoms with Gasteiger partial charge in [0, 0.05) is 11.9 Å². The second kappa shape index (κ2) is 10.2. The van der Waals surface area contributed by atoms with Crippen LogP contribution in [0.25, 0.3) is 22.5 Å².